The summed E-state index contributed by atoms with van der Waals surface area (Å²) in [5.41, 5.74) is 1.26. The zero-order valence-electron chi connectivity index (χ0n) is 7.96. The van der Waals surface area contributed by atoms with Gasteiger partial charge in [-0.2, -0.15) is 0 Å². The SMILES string of the molecule is CC(NCCCO)c1cc[c]cc1. The van der Waals surface area contributed by atoms with Gasteiger partial charge >= 0.3 is 0 Å². The molecule has 1 unspecified atom stereocenters. The summed E-state index contributed by atoms with van der Waals surface area (Å²) in [4.78, 5) is 0. The fraction of sp³-hybridized carbons (Fsp3) is 0.455. The summed E-state index contributed by atoms with van der Waals surface area (Å²) in [6, 6.07) is 11.3. The average molecular weight is 178 g/mol. The minimum atomic E-state index is 0.252. The maximum atomic E-state index is 8.60. The van der Waals surface area contributed by atoms with Crippen LogP contribution in [-0.4, -0.2) is 18.3 Å². The number of nitrogens with one attached hydrogen (secondary N) is 1. The summed E-state index contributed by atoms with van der Waals surface area (Å²) in [5, 5.41) is 11.9. The number of rotatable bonds is 5. The van der Waals surface area contributed by atoms with Gasteiger partial charge in [0.05, 0.1) is 0 Å². The van der Waals surface area contributed by atoms with Crippen LogP contribution in [0, 0.1) is 6.07 Å². The molecule has 0 spiro atoms. The molecule has 0 bridgehead atoms. The van der Waals surface area contributed by atoms with Gasteiger partial charge < -0.3 is 10.4 Å². The van der Waals surface area contributed by atoms with Crippen molar-refractivity contribution in [2.75, 3.05) is 13.2 Å². The van der Waals surface area contributed by atoms with Crippen LogP contribution in [0.3, 0.4) is 0 Å². The van der Waals surface area contributed by atoms with E-state index in [4.69, 9.17) is 5.11 Å². The van der Waals surface area contributed by atoms with E-state index in [1.54, 1.807) is 0 Å². The van der Waals surface area contributed by atoms with E-state index in [2.05, 4.69) is 30.4 Å². The molecule has 13 heavy (non-hydrogen) atoms. The summed E-state index contributed by atoms with van der Waals surface area (Å²) in [6.45, 7) is 3.23. The van der Waals surface area contributed by atoms with Crippen molar-refractivity contribution in [1.29, 1.82) is 0 Å². The molecule has 2 N–H and O–H groups in total. The lowest BCUT2D eigenvalue weighted by atomic mass is 10.1. The first-order chi connectivity index (χ1) is 6.34. The highest BCUT2D eigenvalue weighted by Gasteiger charge is 2.01. The Morgan fingerprint density at radius 2 is 2.15 bits per heavy atom. The molecule has 1 radical (unpaired) electrons. The van der Waals surface area contributed by atoms with E-state index in [9.17, 15) is 0 Å². The third kappa shape index (κ3) is 3.57. The second kappa shape index (κ2) is 5.73. The van der Waals surface area contributed by atoms with Gasteiger partial charge in [-0.15, -0.1) is 0 Å². The lowest BCUT2D eigenvalue weighted by Crippen LogP contribution is -2.20. The molecule has 1 rings (SSSR count). The van der Waals surface area contributed by atoms with Gasteiger partial charge in [0.2, 0.25) is 0 Å². The third-order valence-corrected chi connectivity index (χ3v) is 2.03. The van der Waals surface area contributed by atoms with Gasteiger partial charge in [0.25, 0.3) is 0 Å². The number of benzene rings is 1. The molecule has 0 fully saturated rings. The van der Waals surface area contributed by atoms with Crippen molar-refractivity contribution >= 4 is 0 Å². The number of aliphatic hydroxyl groups is 1. The first-order valence-electron chi connectivity index (χ1n) is 4.65. The summed E-state index contributed by atoms with van der Waals surface area (Å²) in [7, 11) is 0. The number of hydrogen-bond donors (Lipinski definition) is 2. The van der Waals surface area contributed by atoms with Crippen LogP contribution in [0.4, 0.5) is 0 Å². The summed E-state index contributed by atoms with van der Waals surface area (Å²) >= 11 is 0. The van der Waals surface area contributed by atoms with Crippen molar-refractivity contribution in [3.05, 3.63) is 35.9 Å². The zero-order valence-corrected chi connectivity index (χ0v) is 7.96. The Morgan fingerprint density at radius 1 is 1.46 bits per heavy atom. The van der Waals surface area contributed by atoms with Gasteiger partial charge in [-0.05, 0) is 31.5 Å². The van der Waals surface area contributed by atoms with E-state index in [0.717, 1.165) is 13.0 Å². The van der Waals surface area contributed by atoms with Crippen LogP contribution in [0.2, 0.25) is 0 Å². The monoisotopic (exact) mass is 178 g/mol. The van der Waals surface area contributed by atoms with E-state index in [1.807, 2.05) is 12.1 Å². The van der Waals surface area contributed by atoms with Crippen LogP contribution >= 0.6 is 0 Å². The first-order valence-corrected chi connectivity index (χ1v) is 4.65. The third-order valence-electron chi connectivity index (χ3n) is 2.03. The molecule has 1 aromatic rings. The Labute approximate surface area is 79.6 Å². The van der Waals surface area contributed by atoms with Gasteiger partial charge in [-0.3, -0.25) is 0 Å². The van der Waals surface area contributed by atoms with E-state index in [-0.39, 0.29) is 6.61 Å². The number of hydrogen-bond acceptors (Lipinski definition) is 2. The minimum Gasteiger partial charge on any atom is -0.396 e. The molecule has 1 atom stereocenters. The molecule has 0 saturated heterocycles. The van der Waals surface area contributed by atoms with Crippen LogP contribution in [0.5, 0.6) is 0 Å². The molecule has 0 amide bonds. The summed E-state index contributed by atoms with van der Waals surface area (Å²) in [5.74, 6) is 0. The molecule has 0 heterocycles. The Balaban J connectivity index is 2.35. The summed E-state index contributed by atoms with van der Waals surface area (Å²) < 4.78 is 0. The van der Waals surface area contributed by atoms with Crippen LogP contribution in [-0.2, 0) is 0 Å². The smallest absolute Gasteiger partial charge is 0.0443 e. The van der Waals surface area contributed by atoms with Crippen molar-refractivity contribution < 1.29 is 5.11 Å². The summed E-state index contributed by atoms with van der Waals surface area (Å²) in [6.07, 6.45) is 0.809. The highest BCUT2D eigenvalue weighted by molar-refractivity contribution is 5.17. The van der Waals surface area contributed by atoms with Crippen molar-refractivity contribution in [3.63, 3.8) is 0 Å². The minimum absolute atomic E-state index is 0.252. The predicted molar refractivity (Wildman–Crippen MR) is 53.4 cm³/mol. The average Bonchev–Trinajstić information content (AvgIpc) is 2.19. The molecule has 2 heteroatoms. The second-order valence-electron chi connectivity index (χ2n) is 3.09. The molecule has 71 valence electrons. The zero-order chi connectivity index (χ0) is 9.52. The van der Waals surface area contributed by atoms with Crippen LogP contribution in [0.1, 0.15) is 24.9 Å². The first kappa shape index (κ1) is 10.2. The van der Waals surface area contributed by atoms with Gasteiger partial charge in [-0.1, -0.05) is 24.3 Å². The molecule has 1 aromatic carbocycles. The Kier molecular flexibility index (Phi) is 4.50. The lowest BCUT2D eigenvalue weighted by molar-refractivity contribution is 0.284. The Hall–Kier alpha value is -0.860. The molecule has 0 aliphatic rings. The standard InChI is InChI=1S/C11H16NO/c1-10(12-8-5-9-13)11-6-3-2-4-7-11/h3-4,6-7,10,12-13H,5,8-9H2,1H3. The van der Waals surface area contributed by atoms with Crippen molar-refractivity contribution in [2.24, 2.45) is 0 Å². The molecular formula is C11H16NO. The lowest BCUT2D eigenvalue weighted by Gasteiger charge is -2.13. The topological polar surface area (TPSA) is 32.3 Å². The van der Waals surface area contributed by atoms with E-state index >= 15 is 0 Å². The fourth-order valence-corrected chi connectivity index (χ4v) is 1.20. The van der Waals surface area contributed by atoms with Crippen molar-refractivity contribution in [3.8, 4) is 0 Å². The molecule has 0 aliphatic carbocycles. The molecule has 0 aromatic heterocycles. The van der Waals surface area contributed by atoms with E-state index in [0.29, 0.717) is 6.04 Å². The normalized spacial score (nSPS) is 12.8. The van der Waals surface area contributed by atoms with E-state index in [1.165, 1.54) is 5.56 Å². The maximum absolute atomic E-state index is 8.60. The van der Waals surface area contributed by atoms with Gasteiger partial charge in [0, 0.05) is 12.6 Å². The molecule has 0 aliphatic heterocycles. The second-order valence-corrected chi connectivity index (χ2v) is 3.09. The number of aliphatic hydroxyl groups excluding tert-OH is 1. The van der Waals surface area contributed by atoms with Gasteiger partial charge in [-0.25, -0.2) is 0 Å². The van der Waals surface area contributed by atoms with Crippen LogP contribution in [0.15, 0.2) is 24.3 Å². The van der Waals surface area contributed by atoms with Crippen molar-refractivity contribution in [2.45, 2.75) is 19.4 Å². The highest BCUT2D eigenvalue weighted by atomic mass is 16.3. The molecular weight excluding hydrogens is 162 g/mol. The quantitative estimate of drug-likeness (QED) is 0.670. The van der Waals surface area contributed by atoms with E-state index < -0.39 is 0 Å². The highest BCUT2D eigenvalue weighted by Crippen LogP contribution is 2.10. The van der Waals surface area contributed by atoms with Crippen LogP contribution < -0.4 is 5.32 Å². The molecule has 0 saturated carbocycles. The van der Waals surface area contributed by atoms with Gasteiger partial charge in [0.1, 0.15) is 0 Å². The Morgan fingerprint density at radius 3 is 2.77 bits per heavy atom. The maximum Gasteiger partial charge on any atom is 0.0443 e. The fourth-order valence-electron chi connectivity index (χ4n) is 1.20. The van der Waals surface area contributed by atoms with Crippen LogP contribution in [0.25, 0.3) is 0 Å². The molecule has 2 nitrogen and oxygen atoms in total. The predicted octanol–water partition coefficient (Wildman–Crippen LogP) is 1.52. The van der Waals surface area contributed by atoms with Gasteiger partial charge in [0.15, 0.2) is 0 Å². The Bertz CT molecular complexity index is 223. The van der Waals surface area contributed by atoms with Crippen molar-refractivity contribution in [1.82, 2.24) is 5.32 Å². The largest absolute Gasteiger partial charge is 0.396 e.